The maximum atomic E-state index is 12.9. The monoisotopic (exact) mass is 409 g/mol. The Morgan fingerprint density at radius 1 is 1.10 bits per heavy atom. The lowest BCUT2D eigenvalue weighted by molar-refractivity contribution is -0.132. The third-order valence-corrected chi connectivity index (χ3v) is 5.95. The Hall–Kier alpha value is -3.00. The molecule has 8 heteroatoms. The number of hydrogen-bond acceptors (Lipinski definition) is 6. The highest BCUT2D eigenvalue weighted by Crippen LogP contribution is 2.27. The fourth-order valence-electron chi connectivity index (χ4n) is 3.68. The quantitative estimate of drug-likeness (QED) is 0.701. The van der Waals surface area contributed by atoms with Crippen LogP contribution in [0.15, 0.2) is 48.1 Å². The van der Waals surface area contributed by atoms with Gasteiger partial charge in [-0.15, -0.1) is 11.3 Å². The Labute approximate surface area is 173 Å². The molecule has 1 aromatic carbocycles. The number of nitrogens with zero attached hydrogens (tertiary/aromatic N) is 4. The molecule has 7 nitrogen and oxygen atoms in total. The number of nitrogens with one attached hydrogen (secondary N) is 1. The summed E-state index contributed by atoms with van der Waals surface area (Å²) in [7, 11) is 0. The first-order valence-electron chi connectivity index (χ1n) is 9.65. The molecule has 1 unspecified atom stereocenters. The zero-order chi connectivity index (χ0) is 20.2. The first-order chi connectivity index (χ1) is 14.1. The van der Waals surface area contributed by atoms with Crippen molar-refractivity contribution in [1.29, 1.82) is 0 Å². The van der Waals surface area contributed by atoms with Gasteiger partial charge in [-0.05, 0) is 17.0 Å². The SMILES string of the molecule is CC(=O)NC(CC(=O)N1CCN(c2ncnc3sccc23)CC1)c1ccccc1. The molecule has 1 atom stereocenters. The number of aromatic nitrogens is 2. The molecule has 2 amide bonds. The summed E-state index contributed by atoms with van der Waals surface area (Å²) in [5.74, 6) is 0.847. The third-order valence-electron chi connectivity index (χ3n) is 5.13. The highest BCUT2D eigenvalue weighted by Gasteiger charge is 2.26. The highest BCUT2D eigenvalue weighted by atomic mass is 32.1. The lowest BCUT2D eigenvalue weighted by Crippen LogP contribution is -2.49. The van der Waals surface area contributed by atoms with Crippen LogP contribution in [0.2, 0.25) is 0 Å². The van der Waals surface area contributed by atoms with Crippen molar-refractivity contribution < 1.29 is 9.59 Å². The summed E-state index contributed by atoms with van der Waals surface area (Å²) in [5, 5.41) is 5.99. The van der Waals surface area contributed by atoms with Crippen LogP contribution in [0.4, 0.5) is 5.82 Å². The summed E-state index contributed by atoms with van der Waals surface area (Å²) < 4.78 is 0. The van der Waals surface area contributed by atoms with Gasteiger partial charge in [0.05, 0.1) is 17.8 Å². The summed E-state index contributed by atoms with van der Waals surface area (Å²) in [6, 6.07) is 11.4. The lowest BCUT2D eigenvalue weighted by Gasteiger charge is -2.36. The number of benzene rings is 1. The maximum Gasteiger partial charge on any atom is 0.225 e. The number of thiophene rings is 1. The van der Waals surface area contributed by atoms with Crippen LogP contribution in [0.5, 0.6) is 0 Å². The van der Waals surface area contributed by atoms with Gasteiger partial charge in [0.25, 0.3) is 0 Å². The van der Waals surface area contributed by atoms with E-state index in [9.17, 15) is 9.59 Å². The van der Waals surface area contributed by atoms with Crippen LogP contribution >= 0.6 is 11.3 Å². The minimum absolute atomic E-state index is 0.0515. The van der Waals surface area contributed by atoms with Crippen molar-refractivity contribution in [3.63, 3.8) is 0 Å². The summed E-state index contributed by atoms with van der Waals surface area (Å²) >= 11 is 1.60. The van der Waals surface area contributed by atoms with E-state index >= 15 is 0 Å². The Balaban J connectivity index is 1.40. The summed E-state index contributed by atoms with van der Waals surface area (Å²) in [5.41, 5.74) is 0.940. The molecule has 2 aromatic heterocycles. The van der Waals surface area contributed by atoms with Gasteiger partial charge in [-0.2, -0.15) is 0 Å². The van der Waals surface area contributed by atoms with Crippen molar-refractivity contribution in [2.45, 2.75) is 19.4 Å². The van der Waals surface area contributed by atoms with Gasteiger partial charge in [-0.25, -0.2) is 9.97 Å². The summed E-state index contributed by atoms with van der Waals surface area (Å²) in [4.78, 5) is 38.4. The zero-order valence-corrected chi connectivity index (χ0v) is 17.1. The van der Waals surface area contributed by atoms with E-state index in [2.05, 4.69) is 20.2 Å². The Morgan fingerprint density at radius 3 is 2.59 bits per heavy atom. The Kier molecular flexibility index (Phi) is 5.71. The molecule has 150 valence electrons. The van der Waals surface area contributed by atoms with E-state index in [-0.39, 0.29) is 24.3 Å². The lowest BCUT2D eigenvalue weighted by atomic mass is 10.0. The minimum Gasteiger partial charge on any atom is -0.352 e. The average Bonchev–Trinajstić information content (AvgIpc) is 3.23. The first-order valence-corrected chi connectivity index (χ1v) is 10.5. The number of hydrogen-bond donors (Lipinski definition) is 1. The standard InChI is InChI=1S/C21H23N5O2S/c1-15(27)24-18(16-5-3-2-4-6-16)13-19(28)25-8-10-26(11-9-25)20-17-7-12-29-21(17)23-14-22-20/h2-7,12,14,18H,8-11,13H2,1H3,(H,24,27). The van der Waals surface area contributed by atoms with Gasteiger partial charge in [-0.3, -0.25) is 9.59 Å². The van der Waals surface area contributed by atoms with E-state index in [1.165, 1.54) is 6.92 Å². The molecule has 3 aromatic rings. The molecule has 1 aliphatic heterocycles. The number of carbonyl (C=O) groups is 2. The Morgan fingerprint density at radius 2 is 1.86 bits per heavy atom. The van der Waals surface area contributed by atoms with Crippen LogP contribution in [-0.2, 0) is 9.59 Å². The Bertz CT molecular complexity index is 998. The van der Waals surface area contributed by atoms with Crippen LogP contribution in [0.1, 0.15) is 24.9 Å². The fraction of sp³-hybridized carbons (Fsp3) is 0.333. The van der Waals surface area contributed by atoms with Crippen molar-refractivity contribution in [2.24, 2.45) is 0 Å². The molecule has 0 aliphatic carbocycles. The highest BCUT2D eigenvalue weighted by molar-refractivity contribution is 7.16. The smallest absolute Gasteiger partial charge is 0.225 e. The van der Waals surface area contributed by atoms with E-state index in [1.807, 2.05) is 46.7 Å². The van der Waals surface area contributed by atoms with Crippen LogP contribution in [0, 0.1) is 0 Å². The second-order valence-electron chi connectivity index (χ2n) is 7.07. The number of amides is 2. The largest absolute Gasteiger partial charge is 0.352 e. The van der Waals surface area contributed by atoms with E-state index in [0.717, 1.165) is 34.7 Å². The number of rotatable bonds is 5. The van der Waals surface area contributed by atoms with Crippen LogP contribution < -0.4 is 10.2 Å². The molecule has 0 saturated carbocycles. The topological polar surface area (TPSA) is 78.4 Å². The predicted molar refractivity (Wildman–Crippen MR) is 114 cm³/mol. The molecule has 0 bridgehead atoms. The van der Waals surface area contributed by atoms with E-state index < -0.39 is 0 Å². The van der Waals surface area contributed by atoms with Gasteiger partial charge < -0.3 is 15.1 Å². The maximum absolute atomic E-state index is 12.9. The second kappa shape index (κ2) is 8.57. The van der Waals surface area contributed by atoms with Crippen molar-refractivity contribution in [3.05, 3.63) is 53.7 Å². The normalized spacial score (nSPS) is 15.3. The molecular weight excluding hydrogens is 386 g/mol. The van der Waals surface area contributed by atoms with Gasteiger partial charge in [0.2, 0.25) is 11.8 Å². The fourth-order valence-corrected chi connectivity index (χ4v) is 4.41. The molecule has 3 heterocycles. The van der Waals surface area contributed by atoms with E-state index in [4.69, 9.17) is 0 Å². The summed E-state index contributed by atoms with van der Waals surface area (Å²) in [6.07, 6.45) is 1.86. The first kappa shape index (κ1) is 19.3. The molecule has 1 saturated heterocycles. The van der Waals surface area contributed by atoms with Gasteiger partial charge >= 0.3 is 0 Å². The molecule has 1 aliphatic rings. The summed E-state index contributed by atoms with van der Waals surface area (Å²) in [6.45, 7) is 4.20. The number of piperazine rings is 1. The third kappa shape index (κ3) is 4.37. The van der Waals surface area contributed by atoms with Gasteiger partial charge in [0, 0.05) is 33.1 Å². The van der Waals surface area contributed by atoms with Crippen LogP contribution in [0.25, 0.3) is 10.2 Å². The molecule has 29 heavy (non-hydrogen) atoms. The molecule has 1 fully saturated rings. The van der Waals surface area contributed by atoms with Crippen molar-refractivity contribution in [1.82, 2.24) is 20.2 Å². The predicted octanol–water partition coefficient (Wildman–Crippen LogP) is 2.61. The van der Waals surface area contributed by atoms with Gasteiger partial charge in [0.15, 0.2) is 0 Å². The molecule has 0 spiro atoms. The van der Waals surface area contributed by atoms with Crippen molar-refractivity contribution >= 4 is 39.2 Å². The molecular formula is C21H23N5O2S. The molecule has 4 rings (SSSR count). The number of carbonyl (C=O) groups excluding carboxylic acids is 2. The van der Waals surface area contributed by atoms with Gasteiger partial charge in [0.1, 0.15) is 17.0 Å². The van der Waals surface area contributed by atoms with Crippen LogP contribution in [-0.4, -0.2) is 52.9 Å². The number of fused-ring (bicyclic) bond motifs is 1. The molecule has 0 radical (unpaired) electrons. The van der Waals surface area contributed by atoms with Crippen molar-refractivity contribution in [2.75, 3.05) is 31.1 Å². The van der Waals surface area contributed by atoms with Crippen molar-refractivity contribution in [3.8, 4) is 0 Å². The van der Waals surface area contributed by atoms with E-state index in [0.29, 0.717) is 13.1 Å². The second-order valence-corrected chi connectivity index (χ2v) is 7.97. The number of anilines is 1. The van der Waals surface area contributed by atoms with Crippen LogP contribution in [0.3, 0.4) is 0 Å². The van der Waals surface area contributed by atoms with E-state index in [1.54, 1.807) is 17.7 Å². The average molecular weight is 410 g/mol. The zero-order valence-electron chi connectivity index (χ0n) is 16.2. The molecule has 1 N–H and O–H groups in total. The van der Waals surface area contributed by atoms with Gasteiger partial charge in [-0.1, -0.05) is 30.3 Å². The minimum atomic E-state index is -0.313.